The number of aliphatic hydroxyl groups excluding tert-OH is 2. The van der Waals surface area contributed by atoms with Gasteiger partial charge in [0.1, 0.15) is 24.9 Å². The number of carbonyl (C=O) groups excluding carboxylic acids is 1. The standard InChI is InChI=1S/C17H23N5O8/c1-7(16(27)28)3-2-4-9(23)29-5-8-11(24)12(25)15(30-8)22-6-19-10-13(22)20-17(18)21-14(10)26/h6-8,11-12,15,24-25H,2-5H2,1H3,(H,27,28)(H3,18,20,21,26)/t7?,8-,11-,12-,15-/m1/s1. The van der Waals surface area contributed by atoms with Crippen LogP contribution in [0.2, 0.25) is 0 Å². The molecule has 0 saturated carbocycles. The molecule has 3 heterocycles. The zero-order valence-electron chi connectivity index (χ0n) is 16.1. The molecular formula is C17H23N5O8. The summed E-state index contributed by atoms with van der Waals surface area (Å²) in [5, 5.41) is 29.4. The molecule has 13 nitrogen and oxygen atoms in total. The molecule has 2 aromatic heterocycles. The van der Waals surface area contributed by atoms with Gasteiger partial charge in [0.05, 0.1) is 12.2 Å². The molecule has 0 aromatic carbocycles. The molecule has 0 radical (unpaired) electrons. The summed E-state index contributed by atoms with van der Waals surface area (Å²) in [6.45, 7) is 1.23. The lowest BCUT2D eigenvalue weighted by Crippen LogP contribution is -2.34. The number of hydrogen-bond acceptors (Lipinski definition) is 10. The number of carbonyl (C=O) groups is 2. The smallest absolute Gasteiger partial charge is 0.306 e. The third-order valence-corrected chi connectivity index (χ3v) is 4.91. The fraction of sp³-hybridized carbons (Fsp3) is 0.588. The molecule has 1 aliphatic rings. The molecule has 5 atom stereocenters. The number of H-pyrrole nitrogens is 1. The Bertz CT molecular complexity index is 988. The third-order valence-electron chi connectivity index (χ3n) is 4.91. The average Bonchev–Trinajstić information content (AvgIpc) is 3.22. The van der Waals surface area contributed by atoms with Gasteiger partial charge in [0.2, 0.25) is 5.95 Å². The minimum Gasteiger partial charge on any atom is -0.481 e. The maximum Gasteiger partial charge on any atom is 0.306 e. The van der Waals surface area contributed by atoms with Gasteiger partial charge in [-0.25, -0.2) is 4.98 Å². The van der Waals surface area contributed by atoms with E-state index in [9.17, 15) is 24.6 Å². The second-order valence-corrected chi connectivity index (χ2v) is 7.14. The van der Waals surface area contributed by atoms with Crippen LogP contribution in [0.4, 0.5) is 5.95 Å². The normalized spacial score (nSPS) is 24.8. The van der Waals surface area contributed by atoms with E-state index in [1.54, 1.807) is 6.92 Å². The number of anilines is 1. The molecule has 0 spiro atoms. The number of nitrogens with one attached hydrogen (secondary N) is 1. The number of carboxylic acid groups (broad SMARTS) is 1. The second kappa shape index (κ2) is 8.77. The SMILES string of the molecule is CC(CCCC(=O)OC[C@H]1O[C@@H](n2cnc3c(=O)[nH]c(N)nc32)[C@H](O)[C@@H]1O)C(=O)O. The number of aliphatic carboxylic acids is 1. The number of hydrogen-bond donors (Lipinski definition) is 5. The van der Waals surface area contributed by atoms with Gasteiger partial charge in [0.15, 0.2) is 17.4 Å². The van der Waals surface area contributed by atoms with E-state index < -0.39 is 48.0 Å². The van der Waals surface area contributed by atoms with Crippen molar-refractivity contribution in [1.82, 2.24) is 19.5 Å². The van der Waals surface area contributed by atoms with Gasteiger partial charge in [-0.3, -0.25) is 23.9 Å². The zero-order chi connectivity index (χ0) is 22.0. The summed E-state index contributed by atoms with van der Waals surface area (Å²) in [7, 11) is 0. The number of nitrogens with two attached hydrogens (primary N) is 1. The van der Waals surface area contributed by atoms with Gasteiger partial charge >= 0.3 is 11.9 Å². The molecule has 13 heteroatoms. The average molecular weight is 425 g/mol. The quantitative estimate of drug-likeness (QED) is 0.316. The van der Waals surface area contributed by atoms with Crippen molar-refractivity contribution in [1.29, 1.82) is 0 Å². The summed E-state index contributed by atoms with van der Waals surface area (Å²) in [5.74, 6) is -2.22. The molecule has 1 aliphatic heterocycles. The van der Waals surface area contributed by atoms with Gasteiger partial charge in [0, 0.05) is 6.42 Å². The Morgan fingerprint density at radius 2 is 2.13 bits per heavy atom. The van der Waals surface area contributed by atoms with Crippen LogP contribution in [0.1, 0.15) is 32.4 Å². The number of nitrogens with zero attached hydrogens (tertiary/aromatic N) is 3. The lowest BCUT2D eigenvalue weighted by Gasteiger charge is -2.16. The van der Waals surface area contributed by atoms with Crippen LogP contribution in [0.5, 0.6) is 0 Å². The fourth-order valence-electron chi connectivity index (χ4n) is 3.15. The Morgan fingerprint density at radius 3 is 2.83 bits per heavy atom. The molecule has 1 unspecified atom stereocenters. The number of carboxylic acids is 1. The number of esters is 1. The van der Waals surface area contributed by atoms with E-state index in [4.69, 9.17) is 20.3 Å². The Labute approximate surface area is 169 Å². The molecule has 1 saturated heterocycles. The van der Waals surface area contributed by atoms with Crippen molar-refractivity contribution in [3.05, 3.63) is 16.7 Å². The largest absolute Gasteiger partial charge is 0.481 e. The van der Waals surface area contributed by atoms with E-state index in [1.165, 1.54) is 10.9 Å². The zero-order valence-corrected chi connectivity index (χ0v) is 16.1. The highest BCUT2D eigenvalue weighted by Crippen LogP contribution is 2.31. The number of aliphatic hydroxyl groups is 2. The van der Waals surface area contributed by atoms with Gasteiger partial charge in [-0.2, -0.15) is 4.98 Å². The third kappa shape index (κ3) is 4.42. The monoisotopic (exact) mass is 425 g/mol. The summed E-state index contributed by atoms with van der Waals surface area (Å²) in [5.41, 5.74) is 5.04. The van der Waals surface area contributed by atoms with E-state index in [1.807, 2.05) is 0 Å². The van der Waals surface area contributed by atoms with Crippen molar-refractivity contribution < 1.29 is 34.4 Å². The van der Waals surface area contributed by atoms with Crippen molar-refractivity contribution >= 4 is 29.1 Å². The molecule has 3 rings (SSSR count). The molecular weight excluding hydrogens is 402 g/mol. The van der Waals surface area contributed by atoms with Crippen LogP contribution in [0.15, 0.2) is 11.1 Å². The first-order valence-corrected chi connectivity index (χ1v) is 9.31. The Morgan fingerprint density at radius 1 is 1.40 bits per heavy atom. The maximum atomic E-state index is 11.9. The van der Waals surface area contributed by atoms with Crippen LogP contribution in [-0.2, 0) is 19.1 Å². The number of ether oxygens (including phenoxy) is 2. The Kier molecular flexibility index (Phi) is 6.34. The lowest BCUT2D eigenvalue weighted by atomic mass is 10.0. The number of aromatic amines is 1. The van der Waals surface area contributed by atoms with Gasteiger partial charge in [0.25, 0.3) is 5.56 Å². The van der Waals surface area contributed by atoms with Gasteiger partial charge in [-0.05, 0) is 12.8 Å². The van der Waals surface area contributed by atoms with Crippen molar-refractivity contribution in [2.24, 2.45) is 5.92 Å². The fourth-order valence-corrected chi connectivity index (χ4v) is 3.15. The molecule has 0 aliphatic carbocycles. The molecule has 6 N–H and O–H groups in total. The highest BCUT2D eigenvalue weighted by molar-refractivity contribution is 5.71. The van der Waals surface area contributed by atoms with E-state index in [-0.39, 0.29) is 30.1 Å². The number of aromatic nitrogens is 4. The minimum atomic E-state index is -1.40. The van der Waals surface area contributed by atoms with E-state index in [0.29, 0.717) is 12.8 Å². The number of rotatable bonds is 8. The molecule has 164 valence electrons. The van der Waals surface area contributed by atoms with E-state index >= 15 is 0 Å². The van der Waals surface area contributed by atoms with Gasteiger partial charge < -0.3 is 30.5 Å². The van der Waals surface area contributed by atoms with Crippen molar-refractivity contribution in [2.45, 2.75) is 50.7 Å². The Balaban J connectivity index is 1.60. The molecule has 0 amide bonds. The van der Waals surface area contributed by atoms with E-state index in [2.05, 4.69) is 15.0 Å². The van der Waals surface area contributed by atoms with Crippen LogP contribution in [-0.4, -0.2) is 71.7 Å². The number of nitrogen functional groups attached to an aromatic ring is 1. The molecule has 1 fully saturated rings. The minimum absolute atomic E-state index is 0.0139. The molecule has 0 bridgehead atoms. The van der Waals surface area contributed by atoms with Gasteiger partial charge in [-0.15, -0.1) is 0 Å². The summed E-state index contributed by atoms with van der Waals surface area (Å²) in [6, 6.07) is 0. The first-order valence-electron chi connectivity index (χ1n) is 9.31. The highest BCUT2D eigenvalue weighted by Gasteiger charge is 2.45. The summed E-state index contributed by atoms with van der Waals surface area (Å²) < 4.78 is 12.0. The molecule has 2 aromatic rings. The molecule has 30 heavy (non-hydrogen) atoms. The van der Waals surface area contributed by atoms with E-state index in [0.717, 1.165) is 0 Å². The van der Waals surface area contributed by atoms with Crippen molar-refractivity contribution in [2.75, 3.05) is 12.3 Å². The predicted octanol–water partition coefficient (Wildman–Crippen LogP) is -1.24. The second-order valence-electron chi connectivity index (χ2n) is 7.14. The van der Waals surface area contributed by atoms with Gasteiger partial charge in [-0.1, -0.05) is 6.92 Å². The number of fused-ring (bicyclic) bond motifs is 1. The van der Waals surface area contributed by atoms with Crippen LogP contribution >= 0.6 is 0 Å². The maximum absolute atomic E-state index is 11.9. The van der Waals surface area contributed by atoms with Crippen LogP contribution in [0.25, 0.3) is 11.2 Å². The highest BCUT2D eigenvalue weighted by atomic mass is 16.6. The number of imidazole rings is 1. The van der Waals surface area contributed by atoms with Crippen molar-refractivity contribution in [3.63, 3.8) is 0 Å². The summed E-state index contributed by atoms with van der Waals surface area (Å²) >= 11 is 0. The summed E-state index contributed by atoms with van der Waals surface area (Å²) in [6.07, 6.45) is -3.00. The van der Waals surface area contributed by atoms with Crippen LogP contribution < -0.4 is 11.3 Å². The lowest BCUT2D eigenvalue weighted by molar-refractivity contribution is -0.150. The van der Waals surface area contributed by atoms with Crippen LogP contribution in [0.3, 0.4) is 0 Å². The first-order chi connectivity index (χ1) is 14.2. The first kappa shape index (κ1) is 21.7. The Hall–Kier alpha value is -3.03. The summed E-state index contributed by atoms with van der Waals surface area (Å²) in [4.78, 5) is 44.7. The predicted molar refractivity (Wildman–Crippen MR) is 100 cm³/mol. The van der Waals surface area contributed by atoms with Crippen LogP contribution in [0, 0.1) is 5.92 Å². The topological polar surface area (TPSA) is 203 Å². The van der Waals surface area contributed by atoms with Crippen molar-refractivity contribution in [3.8, 4) is 0 Å².